The molecule has 2 atom stereocenters. The Morgan fingerprint density at radius 2 is 1.80 bits per heavy atom. The topological polar surface area (TPSA) is 54.9 Å². The number of hydrogen-bond donors (Lipinski definition) is 1. The van der Waals surface area contributed by atoms with Gasteiger partial charge in [-0.05, 0) is 45.1 Å². The van der Waals surface area contributed by atoms with Crippen molar-refractivity contribution in [2.75, 3.05) is 5.32 Å². The first-order valence-electron chi connectivity index (χ1n) is 7.00. The van der Waals surface area contributed by atoms with Crippen molar-refractivity contribution in [1.82, 2.24) is 9.97 Å². The summed E-state index contributed by atoms with van der Waals surface area (Å²) in [7, 11) is 0. The summed E-state index contributed by atoms with van der Waals surface area (Å²) < 4.78 is 0. The standard InChI is InChI=1S/C16H23N3O/c1-9(2)7-12-13(16(12,5)6)14(20)19-15-17-10(3)8-11(4)18-15/h7-8,12-13H,1-6H3,(H,17,18,19,20)/t12-,13+/m0/s1. The number of hydrogen-bond acceptors (Lipinski definition) is 3. The molecule has 0 aromatic carbocycles. The van der Waals surface area contributed by atoms with Crippen LogP contribution < -0.4 is 5.32 Å². The molecule has 1 fully saturated rings. The summed E-state index contributed by atoms with van der Waals surface area (Å²) in [6.45, 7) is 12.2. The highest BCUT2D eigenvalue weighted by atomic mass is 16.2. The molecule has 2 rings (SSSR count). The summed E-state index contributed by atoms with van der Waals surface area (Å²) in [5.74, 6) is 0.730. The largest absolute Gasteiger partial charge is 0.294 e. The molecule has 4 nitrogen and oxygen atoms in total. The number of allylic oxidation sites excluding steroid dienone is 2. The van der Waals surface area contributed by atoms with Gasteiger partial charge in [-0.1, -0.05) is 25.5 Å². The van der Waals surface area contributed by atoms with Gasteiger partial charge in [-0.25, -0.2) is 9.97 Å². The second kappa shape index (κ2) is 5.00. The van der Waals surface area contributed by atoms with Crippen LogP contribution in [0.4, 0.5) is 5.95 Å². The van der Waals surface area contributed by atoms with Gasteiger partial charge in [0.2, 0.25) is 11.9 Å². The third-order valence-electron chi connectivity index (χ3n) is 3.92. The molecule has 20 heavy (non-hydrogen) atoms. The normalized spacial score (nSPS) is 23.1. The Balaban J connectivity index is 2.12. The van der Waals surface area contributed by atoms with Crippen molar-refractivity contribution in [1.29, 1.82) is 0 Å². The van der Waals surface area contributed by atoms with E-state index in [1.165, 1.54) is 5.57 Å². The van der Waals surface area contributed by atoms with E-state index in [1.54, 1.807) is 0 Å². The lowest BCUT2D eigenvalue weighted by atomic mass is 10.1. The van der Waals surface area contributed by atoms with Crippen LogP contribution in [-0.2, 0) is 4.79 Å². The van der Waals surface area contributed by atoms with Crippen molar-refractivity contribution < 1.29 is 4.79 Å². The molecule has 0 unspecified atom stereocenters. The number of aromatic nitrogens is 2. The van der Waals surface area contributed by atoms with E-state index < -0.39 is 0 Å². The molecule has 0 radical (unpaired) electrons. The summed E-state index contributed by atoms with van der Waals surface area (Å²) >= 11 is 0. The molecule has 4 heteroatoms. The fourth-order valence-electron chi connectivity index (χ4n) is 2.82. The van der Waals surface area contributed by atoms with E-state index in [0.29, 0.717) is 11.9 Å². The second-order valence-corrected chi connectivity index (χ2v) is 6.53. The fourth-order valence-corrected chi connectivity index (χ4v) is 2.82. The van der Waals surface area contributed by atoms with E-state index in [9.17, 15) is 4.79 Å². The predicted molar refractivity (Wildman–Crippen MR) is 80.3 cm³/mol. The van der Waals surface area contributed by atoms with Crippen LogP contribution in [0.5, 0.6) is 0 Å². The molecule has 1 aliphatic rings. The Morgan fingerprint density at radius 1 is 1.25 bits per heavy atom. The van der Waals surface area contributed by atoms with Crippen LogP contribution in [0.25, 0.3) is 0 Å². The maximum Gasteiger partial charge on any atom is 0.231 e. The molecule has 1 amide bonds. The van der Waals surface area contributed by atoms with Gasteiger partial charge < -0.3 is 0 Å². The summed E-state index contributed by atoms with van der Waals surface area (Å²) in [4.78, 5) is 20.9. The van der Waals surface area contributed by atoms with Gasteiger partial charge in [0.25, 0.3) is 0 Å². The number of carbonyl (C=O) groups excluding carboxylic acids is 1. The zero-order valence-corrected chi connectivity index (χ0v) is 13.1. The number of aryl methyl sites for hydroxylation is 2. The molecule has 1 aromatic heterocycles. The molecule has 0 saturated heterocycles. The number of carbonyl (C=O) groups is 1. The van der Waals surface area contributed by atoms with E-state index in [0.717, 1.165) is 11.4 Å². The summed E-state index contributed by atoms with van der Waals surface area (Å²) in [6, 6.07) is 1.89. The number of nitrogens with one attached hydrogen (secondary N) is 1. The first-order valence-corrected chi connectivity index (χ1v) is 7.00. The van der Waals surface area contributed by atoms with Gasteiger partial charge >= 0.3 is 0 Å². The van der Waals surface area contributed by atoms with Gasteiger partial charge in [0.1, 0.15) is 0 Å². The summed E-state index contributed by atoms with van der Waals surface area (Å²) in [5, 5.41) is 2.85. The average molecular weight is 273 g/mol. The molecule has 1 heterocycles. The quantitative estimate of drug-likeness (QED) is 0.860. The Labute approximate surface area is 120 Å². The van der Waals surface area contributed by atoms with Crippen LogP contribution in [0, 0.1) is 31.1 Å². The van der Waals surface area contributed by atoms with E-state index in [2.05, 4.69) is 49.1 Å². The van der Waals surface area contributed by atoms with Crippen molar-refractivity contribution in [3.05, 3.63) is 29.1 Å². The zero-order chi connectivity index (χ0) is 15.1. The highest BCUT2D eigenvalue weighted by Crippen LogP contribution is 2.59. The van der Waals surface area contributed by atoms with E-state index in [4.69, 9.17) is 0 Å². The molecular formula is C16H23N3O. The Hall–Kier alpha value is -1.71. The molecule has 0 bridgehead atoms. The van der Waals surface area contributed by atoms with Crippen molar-refractivity contribution in [3.8, 4) is 0 Å². The van der Waals surface area contributed by atoms with E-state index in [-0.39, 0.29) is 17.2 Å². The maximum atomic E-state index is 12.4. The van der Waals surface area contributed by atoms with Crippen LogP contribution in [0.3, 0.4) is 0 Å². The smallest absolute Gasteiger partial charge is 0.231 e. The monoisotopic (exact) mass is 273 g/mol. The van der Waals surface area contributed by atoms with E-state index >= 15 is 0 Å². The lowest BCUT2D eigenvalue weighted by Gasteiger charge is -2.06. The molecule has 108 valence electrons. The van der Waals surface area contributed by atoms with Gasteiger partial charge in [-0.15, -0.1) is 0 Å². The van der Waals surface area contributed by atoms with Crippen molar-refractivity contribution in [2.24, 2.45) is 17.3 Å². The highest BCUT2D eigenvalue weighted by molar-refractivity contribution is 5.94. The fraction of sp³-hybridized carbons (Fsp3) is 0.562. The van der Waals surface area contributed by atoms with E-state index in [1.807, 2.05) is 19.9 Å². The second-order valence-electron chi connectivity index (χ2n) is 6.53. The molecular weight excluding hydrogens is 250 g/mol. The molecule has 1 aromatic rings. The molecule has 0 spiro atoms. The van der Waals surface area contributed by atoms with Crippen molar-refractivity contribution in [2.45, 2.75) is 41.5 Å². The zero-order valence-electron chi connectivity index (χ0n) is 13.1. The lowest BCUT2D eigenvalue weighted by Crippen LogP contribution is -2.19. The highest BCUT2D eigenvalue weighted by Gasteiger charge is 2.60. The number of nitrogens with zero attached hydrogens (tertiary/aromatic N) is 2. The van der Waals surface area contributed by atoms with Gasteiger partial charge in [0, 0.05) is 11.4 Å². The number of amides is 1. The molecule has 0 aliphatic heterocycles. The third kappa shape index (κ3) is 2.89. The Morgan fingerprint density at radius 3 is 2.30 bits per heavy atom. The first kappa shape index (κ1) is 14.7. The molecule has 1 N–H and O–H groups in total. The number of rotatable bonds is 3. The predicted octanol–water partition coefficient (Wildman–Crippen LogP) is 3.27. The van der Waals surface area contributed by atoms with Crippen LogP contribution in [0.2, 0.25) is 0 Å². The molecule has 1 saturated carbocycles. The molecule has 1 aliphatic carbocycles. The minimum absolute atomic E-state index is 0.00168. The maximum absolute atomic E-state index is 12.4. The SMILES string of the molecule is CC(C)=C[C@H]1[C@H](C(=O)Nc2nc(C)cc(C)n2)C1(C)C. The van der Waals surface area contributed by atoms with Crippen molar-refractivity contribution in [3.63, 3.8) is 0 Å². The van der Waals surface area contributed by atoms with Crippen LogP contribution in [0.1, 0.15) is 39.1 Å². The van der Waals surface area contributed by atoms with Gasteiger partial charge in [-0.2, -0.15) is 0 Å². The first-order chi connectivity index (χ1) is 9.21. The summed E-state index contributed by atoms with van der Waals surface area (Å²) in [5.41, 5.74) is 2.99. The van der Waals surface area contributed by atoms with Crippen molar-refractivity contribution >= 4 is 11.9 Å². The van der Waals surface area contributed by atoms with Crippen LogP contribution in [0.15, 0.2) is 17.7 Å². The van der Waals surface area contributed by atoms with Gasteiger partial charge in [0.05, 0.1) is 5.92 Å². The lowest BCUT2D eigenvalue weighted by molar-refractivity contribution is -0.118. The average Bonchev–Trinajstić information content (AvgIpc) is 2.77. The minimum Gasteiger partial charge on any atom is -0.294 e. The number of anilines is 1. The van der Waals surface area contributed by atoms with Gasteiger partial charge in [0.15, 0.2) is 0 Å². The van der Waals surface area contributed by atoms with Crippen LogP contribution in [-0.4, -0.2) is 15.9 Å². The summed E-state index contributed by atoms with van der Waals surface area (Å²) in [6.07, 6.45) is 2.19. The Bertz CT molecular complexity index is 551. The van der Waals surface area contributed by atoms with Gasteiger partial charge in [-0.3, -0.25) is 10.1 Å². The third-order valence-corrected chi connectivity index (χ3v) is 3.92. The minimum atomic E-state index is 0.00168. The Kier molecular flexibility index (Phi) is 3.67. The van der Waals surface area contributed by atoms with Crippen LogP contribution >= 0.6 is 0 Å².